The Labute approximate surface area is 184 Å². The van der Waals surface area contributed by atoms with Gasteiger partial charge in [-0.05, 0) is 50.5 Å². The van der Waals surface area contributed by atoms with Crippen LogP contribution in [0.2, 0.25) is 0 Å². The van der Waals surface area contributed by atoms with Crippen molar-refractivity contribution in [1.29, 1.82) is 0 Å². The van der Waals surface area contributed by atoms with Gasteiger partial charge in [0.1, 0.15) is 12.0 Å². The number of ether oxygens (including phenoxy) is 2. The second kappa shape index (κ2) is 9.46. The maximum absolute atomic E-state index is 13.5. The van der Waals surface area contributed by atoms with Gasteiger partial charge in [0.2, 0.25) is 0 Å². The molecule has 32 heavy (non-hydrogen) atoms. The highest BCUT2D eigenvalue weighted by Crippen LogP contribution is 2.30. The van der Waals surface area contributed by atoms with Gasteiger partial charge in [0, 0.05) is 19.0 Å². The minimum absolute atomic E-state index is 0.130. The van der Waals surface area contributed by atoms with Crippen molar-refractivity contribution in [3.05, 3.63) is 47.5 Å². The third-order valence-electron chi connectivity index (χ3n) is 5.47. The molecule has 1 aliphatic heterocycles. The van der Waals surface area contributed by atoms with Crippen LogP contribution in [-0.2, 0) is 4.79 Å². The normalized spacial score (nSPS) is 16.5. The van der Waals surface area contributed by atoms with E-state index in [2.05, 4.69) is 15.1 Å². The van der Waals surface area contributed by atoms with E-state index < -0.39 is 6.43 Å². The van der Waals surface area contributed by atoms with Crippen molar-refractivity contribution in [1.82, 2.24) is 24.5 Å². The van der Waals surface area contributed by atoms with Gasteiger partial charge in [0.05, 0.1) is 12.3 Å². The Morgan fingerprint density at radius 1 is 1.25 bits per heavy atom. The third-order valence-corrected chi connectivity index (χ3v) is 5.47. The fraction of sp³-hybridized carbons (Fsp3) is 0.455. The highest BCUT2D eigenvalue weighted by Gasteiger charge is 2.28. The lowest BCUT2D eigenvalue weighted by Crippen LogP contribution is -2.41. The first kappa shape index (κ1) is 21.9. The zero-order valence-electron chi connectivity index (χ0n) is 18.0. The predicted octanol–water partition coefficient (Wildman–Crippen LogP) is 3.55. The minimum Gasteiger partial charge on any atom is -0.490 e. The summed E-state index contributed by atoms with van der Waals surface area (Å²) in [5, 5.41) is 3.82. The van der Waals surface area contributed by atoms with Crippen LogP contribution in [-0.4, -0.2) is 56.7 Å². The van der Waals surface area contributed by atoms with E-state index in [1.165, 1.54) is 12.4 Å². The van der Waals surface area contributed by atoms with E-state index in [0.29, 0.717) is 36.9 Å². The van der Waals surface area contributed by atoms with E-state index in [1.54, 1.807) is 11.0 Å². The maximum Gasteiger partial charge on any atom is 0.280 e. The van der Waals surface area contributed by atoms with Crippen molar-refractivity contribution >= 4 is 11.7 Å². The molecule has 3 heterocycles. The molecule has 1 amide bonds. The number of alkyl halides is 2. The Balaban J connectivity index is 1.45. The number of nitrogens with zero attached hydrogens (tertiary/aromatic N) is 5. The summed E-state index contributed by atoms with van der Waals surface area (Å²) in [7, 11) is 0. The molecule has 10 heteroatoms. The molecule has 1 aliphatic rings. The number of carbonyl (C=O) groups is 1. The average Bonchev–Trinajstić information content (AvgIpc) is 3.26. The number of aryl methyl sites for hydroxylation is 1. The molecule has 2 aromatic heterocycles. The second-order valence-corrected chi connectivity index (χ2v) is 7.73. The van der Waals surface area contributed by atoms with E-state index in [0.717, 1.165) is 22.9 Å². The number of rotatable bonds is 7. The van der Waals surface area contributed by atoms with Crippen LogP contribution in [0, 0.1) is 6.92 Å². The number of fused-ring (bicyclic) bond motifs is 1. The quantitative estimate of drug-likeness (QED) is 0.553. The molecule has 3 aromatic rings. The summed E-state index contributed by atoms with van der Waals surface area (Å²) < 4.78 is 39.4. The Bertz CT molecular complexity index is 1100. The second-order valence-electron chi connectivity index (χ2n) is 7.73. The van der Waals surface area contributed by atoms with Crippen LogP contribution >= 0.6 is 0 Å². The number of aromatic nitrogens is 4. The summed E-state index contributed by atoms with van der Waals surface area (Å²) in [5.41, 5.74) is 1.28. The van der Waals surface area contributed by atoms with E-state index >= 15 is 0 Å². The first-order chi connectivity index (χ1) is 15.5. The number of benzene rings is 1. The molecule has 0 bridgehead atoms. The molecule has 4 rings (SSSR count). The number of halogens is 2. The third kappa shape index (κ3) is 4.63. The predicted molar refractivity (Wildman–Crippen MR) is 112 cm³/mol. The van der Waals surface area contributed by atoms with E-state index in [1.807, 2.05) is 26.0 Å². The summed E-state index contributed by atoms with van der Waals surface area (Å²) in [5.74, 6) is 0.912. The number of amides is 1. The summed E-state index contributed by atoms with van der Waals surface area (Å²) in [6, 6.07) is 6.91. The lowest BCUT2D eigenvalue weighted by atomic mass is 9.94. The number of likely N-dealkylation sites (tertiary alicyclic amines) is 1. The largest absolute Gasteiger partial charge is 0.490 e. The molecule has 0 aliphatic carbocycles. The van der Waals surface area contributed by atoms with Crippen molar-refractivity contribution in [2.75, 3.05) is 26.3 Å². The number of piperidine rings is 1. The molecule has 170 valence electrons. The Morgan fingerprint density at radius 3 is 2.88 bits per heavy atom. The highest BCUT2D eigenvalue weighted by atomic mass is 19.3. The molecule has 0 radical (unpaired) electrons. The number of hydrogen-bond donors (Lipinski definition) is 0. The monoisotopic (exact) mass is 445 g/mol. The van der Waals surface area contributed by atoms with Crippen molar-refractivity contribution in [3.63, 3.8) is 0 Å². The minimum atomic E-state index is -2.70. The molecular weight excluding hydrogens is 420 g/mol. The van der Waals surface area contributed by atoms with Crippen molar-refractivity contribution in [3.8, 4) is 11.5 Å². The Morgan fingerprint density at radius 2 is 2.09 bits per heavy atom. The van der Waals surface area contributed by atoms with Gasteiger partial charge >= 0.3 is 0 Å². The standard InChI is InChI=1S/C22H25F2N5O3/c1-3-31-19-9-14(2)6-7-18(19)32-12-20(30)28-8-4-5-15(11-28)16-10-17(21(23)24)29-22(27-16)25-13-26-29/h6-7,9-10,13,15,21H,3-5,8,11-12H2,1-2H3/t15-/m0/s1. The number of hydrogen-bond acceptors (Lipinski definition) is 6. The van der Waals surface area contributed by atoms with Crippen LogP contribution in [0.1, 0.15) is 49.1 Å². The summed E-state index contributed by atoms with van der Waals surface area (Å²) in [4.78, 5) is 22.9. The van der Waals surface area contributed by atoms with Gasteiger partial charge in [-0.25, -0.2) is 13.8 Å². The molecule has 1 fully saturated rings. The first-order valence-corrected chi connectivity index (χ1v) is 10.6. The molecular formula is C22H25F2N5O3. The lowest BCUT2D eigenvalue weighted by molar-refractivity contribution is -0.134. The van der Waals surface area contributed by atoms with Crippen molar-refractivity contribution in [2.45, 2.75) is 39.0 Å². The fourth-order valence-corrected chi connectivity index (χ4v) is 3.90. The van der Waals surface area contributed by atoms with Crippen molar-refractivity contribution < 1.29 is 23.0 Å². The Hall–Kier alpha value is -3.30. The average molecular weight is 445 g/mol. The smallest absolute Gasteiger partial charge is 0.280 e. The van der Waals surface area contributed by atoms with E-state index in [9.17, 15) is 13.6 Å². The van der Waals surface area contributed by atoms with Crippen LogP contribution < -0.4 is 9.47 Å². The van der Waals surface area contributed by atoms with Gasteiger partial charge in [-0.15, -0.1) is 0 Å². The van der Waals surface area contributed by atoms with Gasteiger partial charge in [0.25, 0.3) is 18.1 Å². The summed E-state index contributed by atoms with van der Waals surface area (Å²) in [6.45, 7) is 5.17. The van der Waals surface area contributed by atoms with E-state index in [-0.39, 0.29) is 29.9 Å². The summed E-state index contributed by atoms with van der Waals surface area (Å²) >= 11 is 0. The zero-order valence-corrected chi connectivity index (χ0v) is 18.0. The Kier molecular flexibility index (Phi) is 6.48. The molecule has 8 nitrogen and oxygen atoms in total. The van der Waals surface area contributed by atoms with Crippen LogP contribution in [0.4, 0.5) is 8.78 Å². The highest BCUT2D eigenvalue weighted by molar-refractivity contribution is 5.78. The topological polar surface area (TPSA) is 81.9 Å². The molecule has 1 saturated heterocycles. The van der Waals surface area contributed by atoms with Gasteiger partial charge in [-0.1, -0.05) is 6.07 Å². The first-order valence-electron chi connectivity index (χ1n) is 10.6. The molecule has 0 spiro atoms. The van der Waals surface area contributed by atoms with Gasteiger partial charge in [-0.3, -0.25) is 4.79 Å². The SMILES string of the molecule is CCOc1cc(C)ccc1OCC(=O)N1CCC[C@H](c2cc(C(F)F)n3ncnc3n2)C1. The molecule has 0 unspecified atom stereocenters. The zero-order chi connectivity index (χ0) is 22.7. The molecule has 1 atom stereocenters. The maximum atomic E-state index is 13.5. The summed E-state index contributed by atoms with van der Waals surface area (Å²) in [6.07, 6.45) is -0.0101. The van der Waals surface area contributed by atoms with Gasteiger partial charge in [-0.2, -0.15) is 14.6 Å². The fourth-order valence-electron chi connectivity index (χ4n) is 3.90. The molecule has 0 saturated carbocycles. The molecule has 1 aromatic carbocycles. The van der Waals surface area contributed by atoms with Crippen LogP contribution in [0.15, 0.2) is 30.6 Å². The van der Waals surface area contributed by atoms with Crippen LogP contribution in [0.25, 0.3) is 5.78 Å². The van der Waals surface area contributed by atoms with Crippen LogP contribution in [0.5, 0.6) is 11.5 Å². The number of carbonyl (C=O) groups excluding carboxylic acids is 1. The van der Waals surface area contributed by atoms with Gasteiger partial charge < -0.3 is 14.4 Å². The van der Waals surface area contributed by atoms with Crippen molar-refractivity contribution in [2.24, 2.45) is 0 Å². The lowest BCUT2D eigenvalue weighted by Gasteiger charge is -2.32. The van der Waals surface area contributed by atoms with E-state index in [4.69, 9.17) is 9.47 Å². The van der Waals surface area contributed by atoms with Gasteiger partial charge in [0.15, 0.2) is 18.1 Å². The molecule has 0 N–H and O–H groups in total. The van der Waals surface area contributed by atoms with Crippen LogP contribution in [0.3, 0.4) is 0 Å².